The second-order valence-electron chi connectivity index (χ2n) is 7.53. The largest absolute Gasteiger partial charge is 0.506 e. The summed E-state index contributed by atoms with van der Waals surface area (Å²) in [7, 11) is 2.18. The van der Waals surface area contributed by atoms with E-state index in [1.807, 2.05) is 13.0 Å². The average Bonchev–Trinajstić information content (AvgIpc) is 2.68. The number of piperidine rings is 1. The van der Waals surface area contributed by atoms with Crippen LogP contribution in [0, 0.1) is 18.3 Å². The maximum atomic E-state index is 10.3. The molecule has 0 saturated carbocycles. The highest BCUT2D eigenvalue weighted by Gasteiger charge is 2.30. The molecule has 0 bridgehead atoms. The van der Waals surface area contributed by atoms with E-state index >= 15 is 0 Å². The number of hydrogen-bond donors (Lipinski definition) is 1. The van der Waals surface area contributed by atoms with Crippen LogP contribution in [0.4, 0.5) is 5.82 Å². The van der Waals surface area contributed by atoms with Crippen LogP contribution in [-0.4, -0.2) is 57.9 Å². The van der Waals surface area contributed by atoms with Crippen molar-refractivity contribution in [3.8, 4) is 23.2 Å². The molecule has 1 saturated heterocycles. The quantitative estimate of drug-likeness (QED) is 0.874. The van der Waals surface area contributed by atoms with Gasteiger partial charge in [0.1, 0.15) is 23.2 Å². The summed E-state index contributed by atoms with van der Waals surface area (Å²) in [6.45, 7) is 5.25. The molecule has 7 heteroatoms. The molecule has 0 amide bonds. The van der Waals surface area contributed by atoms with Gasteiger partial charge < -0.3 is 14.9 Å². The molecule has 27 heavy (non-hydrogen) atoms. The molecule has 1 atom stereocenters. The van der Waals surface area contributed by atoms with Gasteiger partial charge in [-0.05, 0) is 51.8 Å². The van der Waals surface area contributed by atoms with E-state index in [2.05, 4.69) is 32.0 Å². The number of nitrogens with zero attached hydrogens (tertiary/aromatic N) is 6. The third-order valence-corrected chi connectivity index (χ3v) is 5.68. The van der Waals surface area contributed by atoms with Crippen molar-refractivity contribution < 1.29 is 5.11 Å². The molecule has 0 radical (unpaired) electrons. The van der Waals surface area contributed by atoms with Gasteiger partial charge >= 0.3 is 0 Å². The van der Waals surface area contributed by atoms with E-state index in [4.69, 9.17) is 5.26 Å². The molecular formula is C20H24N6O. The van der Waals surface area contributed by atoms with Crippen LogP contribution in [0.2, 0.25) is 0 Å². The number of rotatable bonds is 2. The van der Waals surface area contributed by atoms with Crippen LogP contribution >= 0.6 is 0 Å². The summed E-state index contributed by atoms with van der Waals surface area (Å²) in [5.74, 6) is 0.948. The molecule has 7 nitrogen and oxygen atoms in total. The minimum Gasteiger partial charge on any atom is -0.506 e. The molecule has 4 heterocycles. The van der Waals surface area contributed by atoms with E-state index in [0.29, 0.717) is 23.0 Å². The van der Waals surface area contributed by atoms with Gasteiger partial charge in [0.15, 0.2) is 5.82 Å². The van der Waals surface area contributed by atoms with Gasteiger partial charge in [0, 0.05) is 37.0 Å². The third-order valence-electron chi connectivity index (χ3n) is 5.68. The number of aromatic nitrogens is 3. The van der Waals surface area contributed by atoms with Crippen molar-refractivity contribution in [2.45, 2.75) is 38.6 Å². The molecule has 0 spiro atoms. The van der Waals surface area contributed by atoms with Gasteiger partial charge in [0.2, 0.25) is 0 Å². The minimum atomic E-state index is -0.0343. The highest BCUT2D eigenvalue weighted by atomic mass is 16.3. The Kier molecular flexibility index (Phi) is 4.66. The number of anilines is 1. The molecule has 2 aliphatic heterocycles. The SMILES string of the molecule is Cc1c(-c2ncc(C#N)cc2O)nnc2c1CCCN2C1CCCN(C)C1. The zero-order valence-corrected chi connectivity index (χ0v) is 15.8. The van der Waals surface area contributed by atoms with Crippen LogP contribution in [0.15, 0.2) is 12.3 Å². The minimum absolute atomic E-state index is 0.0343. The topological polar surface area (TPSA) is 89.2 Å². The van der Waals surface area contributed by atoms with Gasteiger partial charge in [-0.25, -0.2) is 4.98 Å². The van der Waals surface area contributed by atoms with Gasteiger partial charge in [-0.15, -0.1) is 10.2 Å². The summed E-state index contributed by atoms with van der Waals surface area (Å²) < 4.78 is 0. The summed E-state index contributed by atoms with van der Waals surface area (Å²) in [6.07, 6.45) is 5.90. The fourth-order valence-electron chi connectivity index (χ4n) is 4.28. The van der Waals surface area contributed by atoms with Crippen LogP contribution in [0.3, 0.4) is 0 Å². The Labute approximate surface area is 159 Å². The van der Waals surface area contributed by atoms with Crippen molar-refractivity contribution in [1.29, 1.82) is 5.26 Å². The lowest BCUT2D eigenvalue weighted by molar-refractivity contribution is 0.242. The summed E-state index contributed by atoms with van der Waals surface area (Å²) in [6, 6.07) is 3.89. The number of fused-ring (bicyclic) bond motifs is 1. The molecule has 0 aromatic carbocycles. The first-order valence-electron chi connectivity index (χ1n) is 9.49. The molecule has 2 aromatic rings. The van der Waals surface area contributed by atoms with Gasteiger partial charge in [-0.2, -0.15) is 5.26 Å². The second kappa shape index (κ2) is 7.12. The van der Waals surface area contributed by atoms with Crippen molar-refractivity contribution in [3.63, 3.8) is 0 Å². The lowest BCUT2D eigenvalue weighted by Gasteiger charge is -2.41. The number of hydrogen-bond acceptors (Lipinski definition) is 7. The maximum absolute atomic E-state index is 10.3. The van der Waals surface area contributed by atoms with Gasteiger partial charge in [-0.1, -0.05) is 0 Å². The fourth-order valence-corrected chi connectivity index (χ4v) is 4.28. The molecule has 2 aliphatic rings. The second-order valence-corrected chi connectivity index (χ2v) is 7.53. The molecule has 1 unspecified atom stereocenters. The van der Waals surface area contributed by atoms with E-state index in [-0.39, 0.29) is 5.75 Å². The Morgan fingerprint density at radius 2 is 2.07 bits per heavy atom. The molecule has 140 valence electrons. The first kappa shape index (κ1) is 17.7. The highest BCUT2D eigenvalue weighted by molar-refractivity contribution is 5.70. The molecule has 0 aliphatic carbocycles. The smallest absolute Gasteiger partial charge is 0.155 e. The van der Waals surface area contributed by atoms with E-state index in [1.165, 1.54) is 30.7 Å². The Morgan fingerprint density at radius 1 is 1.22 bits per heavy atom. The molecule has 4 rings (SSSR count). The molecule has 1 N–H and O–H groups in total. The summed E-state index contributed by atoms with van der Waals surface area (Å²) >= 11 is 0. The Morgan fingerprint density at radius 3 is 2.81 bits per heavy atom. The number of aromatic hydroxyl groups is 1. The first-order valence-corrected chi connectivity index (χ1v) is 9.49. The Hall–Kier alpha value is -2.72. The van der Waals surface area contributed by atoms with E-state index < -0.39 is 0 Å². The predicted octanol–water partition coefficient (Wildman–Crippen LogP) is 2.27. The molecule has 2 aromatic heterocycles. The molecule has 1 fully saturated rings. The standard InChI is InChI=1S/C20H24N6O/c1-13-16-6-4-8-26(15-5-3-7-25(2)12-15)20(16)24-23-18(13)19-17(27)9-14(10-21)11-22-19/h9,11,15,27H,3-8,12H2,1-2H3. The number of likely N-dealkylation sites (tertiary alicyclic amines) is 1. The van der Waals surface area contributed by atoms with Crippen LogP contribution < -0.4 is 4.90 Å². The number of nitriles is 1. The average molecular weight is 364 g/mol. The monoisotopic (exact) mass is 364 g/mol. The molecular weight excluding hydrogens is 340 g/mol. The van der Waals surface area contributed by atoms with Gasteiger partial charge in [-0.3, -0.25) is 0 Å². The van der Waals surface area contributed by atoms with Crippen LogP contribution in [0.1, 0.15) is 36.0 Å². The van der Waals surface area contributed by atoms with Gasteiger partial charge in [0.25, 0.3) is 0 Å². The van der Waals surface area contributed by atoms with E-state index in [0.717, 1.165) is 43.9 Å². The van der Waals surface area contributed by atoms with Crippen LogP contribution in [0.25, 0.3) is 11.4 Å². The van der Waals surface area contributed by atoms with Crippen molar-refractivity contribution in [2.24, 2.45) is 0 Å². The maximum Gasteiger partial charge on any atom is 0.155 e. The zero-order valence-electron chi connectivity index (χ0n) is 15.8. The number of likely N-dealkylation sites (N-methyl/N-ethyl adjacent to an activating group) is 1. The lowest BCUT2D eigenvalue weighted by atomic mass is 9.95. The fraction of sp³-hybridized carbons (Fsp3) is 0.500. The number of pyridine rings is 1. The highest BCUT2D eigenvalue weighted by Crippen LogP contribution is 2.36. The summed E-state index contributed by atoms with van der Waals surface area (Å²) in [5, 5.41) is 28.3. The lowest BCUT2D eigenvalue weighted by Crippen LogP contribution is -2.49. The van der Waals surface area contributed by atoms with Crippen molar-refractivity contribution in [1.82, 2.24) is 20.1 Å². The third kappa shape index (κ3) is 3.21. The van der Waals surface area contributed by atoms with Crippen molar-refractivity contribution in [3.05, 3.63) is 29.0 Å². The van der Waals surface area contributed by atoms with Crippen molar-refractivity contribution in [2.75, 3.05) is 31.6 Å². The summed E-state index contributed by atoms with van der Waals surface area (Å²) in [4.78, 5) is 9.06. The van der Waals surface area contributed by atoms with E-state index in [1.54, 1.807) is 0 Å². The zero-order chi connectivity index (χ0) is 19.0. The Balaban J connectivity index is 1.72. The van der Waals surface area contributed by atoms with Crippen LogP contribution in [-0.2, 0) is 6.42 Å². The Bertz CT molecular complexity index is 906. The first-order chi connectivity index (χ1) is 13.1. The van der Waals surface area contributed by atoms with Gasteiger partial charge in [0.05, 0.1) is 5.56 Å². The predicted molar refractivity (Wildman–Crippen MR) is 103 cm³/mol. The normalized spacial score (nSPS) is 20.2. The summed E-state index contributed by atoms with van der Waals surface area (Å²) in [5.41, 5.74) is 3.52. The van der Waals surface area contributed by atoms with E-state index in [9.17, 15) is 5.11 Å². The van der Waals surface area contributed by atoms with Crippen molar-refractivity contribution >= 4 is 5.82 Å². The van der Waals surface area contributed by atoms with Crippen LogP contribution in [0.5, 0.6) is 5.75 Å².